The molecule has 2 aromatic rings. The molecule has 1 aliphatic rings. The number of hydrogen-bond acceptors (Lipinski definition) is 2. The van der Waals surface area contributed by atoms with Gasteiger partial charge in [0.25, 0.3) is 0 Å². The average Bonchev–Trinajstić information content (AvgIpc) is 2.61. The van der Waals surface area contributed by atoms with E-state index in [1.54, 1.807) is 6.07 Å². The Bertz CT molecular complexity index is 740. The van der Waals surface area contributed by atoms with E-state index in [0.717, 1.165) is 48.5 Å². The number of nitrogens with zero attached hydrogens (tertiary/aromatic N) is 2. The van der Waals surface area contributed by atoms with E-state index < -0.39 is 11.7 Å². The molecule has 0 aliphatic carbocycles. The maximum absolute atomic E-state index is 12.9. The Morgan fingerprint density at radius 1 is 1.00 bits per heavy atom. The fourth-order valence-corrected chi connectivity index (χ4v) is 3.62. The summed E-state index contributed by atoms with van der Waals surface area (Å²) in [5.74, 6) is 0. The predicted molar refractivity (Wildman–Crippen MR) is 99.8 cm³/mol. The number of hydrogen-bond donors (Lipinski definition) is 0. The standard InChI is InChI=1S/C20H22ClF3N2/c1-15(12-16-4-2-5-17(13-16)20(22,23)24)25-8-10-26(11-9-25)19-7-3-6-18(21)14-19/h2-7,13-15H,8-12H2,1H3/t15-/m0/s1. The van der Waals surface area contributed by atoms with Gasteiger partial charge in [0.1, 0.15) is 0 Å². The van der Waals surface area contributed by atoms with Crippen molar-refractivity contribution in [2.24, 2.45) is 0 Å². The normalized spacial score (nSPS) is 17.3. The van der Waals surface area contributed by atoms with Crippen LogP contribution in [0.1, 0.15) is 18.1 Å². The quantitative estimate of drug-likeness (QED) is 0.724. The number of halogens is 4. The first-order valence-electron chi connectivity index (χ1n) is 8.73. The van der Waals surface area contributed by atoms with Gasteiger partial charge in [-0.1, -0.05) is 35.9 Å². The summed E-state index contributed by atoms with van der Waals surface area (Å²) in [6.07, 6.45) is -3.68. The third-order valence-electron chi connectivity index (χ3n) is 4.90. The number of alkyl halides is 3. The van der Waals surface area contributed by atoms with Crippen molar-refractivity contribution in [2.75, 3.05) is 31.1 Å². The Morgan fingerprint density at radius 2 is 1.69 bits per heavy atom. The van der Waals surface area contributed by atoms with Crippen LogP contribution >= 0.6 is 11.6 Å². The SMILES string of the molecule is C[C@@H](Cc1cccc(C(F)(F)F)c1)N1CCN(c2cccc(Cl)c2)CC1. The van der Waals surface area contributed by atoms with Crippen LogP contribution in [0.5, 0.6) is 0 Å². The van der Waals surface area contributed by atoms with Crippen LogP contribution in [-0.4, -0.2) is 37.1 Å². The first-order valence-corrected chi connectivity index (χ1v) is 9.11. The third kappa shape index (κ3) is 4.71. The molecule has 140 valence electrons. The lowest BCUT2D eigenvalue weighted by Crippen LogP contribution is -2.50. The van der Waals surface area contributed by atoms with Crippen molar-refractivity contribution in [3.8, 4) is 0 Å². The second-order valence-electron chi connectivity index (χ2n) is 6.75. The lowest BCUT2D eigenvalue weighted by Gasteiger charge is -2.39. The van der Waals surface area contributed by atoms with E-state index in [-0.39, 0.29) is 6.04 Å². The van der Waals surface area contributed by atoms with Gasteiger partial charge in [-0.2, -0.15) is 13.2 Å². The molecule has 0 bridgehead atoms. The topological polar surface area (TPSA) is 6.48 Å². The van der Waals surface area contributed by atoms with Crippen LogP contribution < -0.4 is 4.90 Å². The molecule has 1 saturated heterocycles. The maximum atomic E-state index is 12.9. The van der Waals surface area contributed by atoms with Crippen LogP contribution in [0.2, 0.25) is 5.02 Å². The highest BCUT2D eigenvalue weighted by Crippen LogP contribution is 2.30. The molecule has 0 aromatic heterocycles. The highest BCUT2D eigenvalue weighted by molar-refractivity contribution is 6.30. The average molecular weight is 383 g/mol. The monoisotopic (exact) mass is 382 g/mol. The highest BCUT2D eigenvalue weighted by atomic mass is 35.5. The number of rotatable bonds is 4. The fraction of sp³-hybridized carbons (Fsp3) is 0.400. The van der Waals surface area contributed by atoms with Crippen LogP contribution in [0, 0.1) is 0 Å². The Labute approximate surface area is 157 Å². The largest absolute Gasteiger partial charge is 0.416 e. The van der Waals surface area contributed by atoms with Crippen molar-refractivity contribution < 1.29 is 13.2 Å². The zero-order valence-electron chi connectivity index (χ0n) is 14.6. The van der Waals surface area contributed by atoms with E-state index in [0.29, 0.717) is 6.42 Å². The molecule has 1 aliphatic heterocycles. The van der Waals surface area contributed by atoms with Crippen molar-refractivity contribution >= 4 is 17.3 Å². The molecule has 0 N–H and O–H groups in total. The first-order chi connectivity index (χ1) is 12.3. The second kappa shape index (κ2) is 7.89. The van der Waals surface area contributed by atoms with Gasteiger partial charge < -0.3 is 4.90 Å². The zero-order chi connectivity index (χ0) is 18.7. The molecule has 2 aromatic carbocycles. The molecular formula is C20H22ClF3N2. The van der Waals surface area contributed by atoms with E-state index in [2.05, 4.69) is 16.7 Å². The predicted octanol–water partition coefficient (Wildman–Crippen LogP) is 5.11. The number of anilines is 1. The molecule has 0 amide bonds. The molecule has 0 unspecified atom stereocenters. The van der Waals surface area contributed by atoms with Gasteiger partial charge in [0.2, 0.25) is 0 Å². The summed E-state index contributed by atoms with van der Waals surface area (Å²) in [4.78, 5) is 4.63. The van der Waals surface area contributed by atoms with E-state index in [4.69, 9.17) is 11.6 Å². The molecule has 2 nitrogen and oxygen atoms in total. The Balaban J connectivity index is 1.58. The fourth-order valence-electron chi connectivity index (χ4n) is 3.44. The zero-order valence-corrected chi connectivity index (χ0v) is 15.4. The third-order valence-corrected chi connectivity index (χ3v) is 5.13. The van der Waals surface area contributed by atoms with Crippen LogP contribution in [0.4, 0.5) is 18.9 Å². The van der Waals surface area contributed by atoms with Gasteiger partial charge in [0.05, 0.1) is 5.56 Å². The van der Waals surface area contributed by atoms with Gasteiger partial charge in [0.15, 0.2) is 0 Å². The summed E-state index contributed by atoms with van der Waals surface area (Å²) in [6.45, 7) is 5.61. The van der Waals surface area contributed by atoms with Gasteiger partial charge in [-0.25, -0.2) is 0 Å². The van der Waals surface area contributed by atoms with Crippen molar-refractivity contribution in [3.05, 3.63) is 64.7 Å². The van der Waals surface area contributed by atoms with Crippen LogP contribution in [0.15, 0.2) is 48.5 Å². The highest BCUT2D eigenvalue weighted by Gasteiger charge is 2.30. The van der Waals surface area contributed by atoms with E-state index in [1.807, 2.05) is 24.3 Å². The van der Waals surface area contributed by atoms with Gasteiger partial charge in [0, 0.05) is 42.9 Å². The molecule has 0 spiro atoms. The molecule has 0 radical (unpaired) electrons. The molecule has 1 heterocycles. The molecule has 1 atom stereocenters. The summed E-state index contributed by atoms with van der Waals surface area (Å²) < 4.78 is 38.6. The van der Waals surface area contributed by atoms with Gasteiger partial charge >= 0.3 is 6.18 Å². The summed E-state index contributed by atoms with van der Waals surface area (Å²) in [6, 6.07) is 13.7. The van der Waals surface area contributed by atoms with Gasteiger partial charge in [-0.15, -0.1) is 0 Å². The van der Waals surface area contributed by atoms with Crippen LogP contribution in [0.3, 0.4) is 0 Å². The van der Waals surface area contributed by atoms with E-state index in [1.165, 1.54) is 12.1 Å². The molecular weight excluding hydrogens is 361 g/mol. The molecule has 0 saturated carbocycles. The van der Waals surface area contributed by atoms with Crippen molar-refractivity contribution in [3.63, 3.8) is 0 Å². The first kappa shape index (κ1) is 19.1. The van der Waals surface area contributed by atoms with E-state index >= 15 is 0 Å². The minimum atomic E-state index is -4.29. The Morgan fingerprint density at radius 3 is 2.35 bits per heavy atom. The van der Waals surface area contributed by atoms with Crippen LogP contribution in [-0.2, 0) is 12.6 Å². The minimum absolute atomic E-state index is 0.194. The summed E-state index contributed by atoms with van der Waals surface area (Å²) in [5, 5.41) is 0.725. The Hall–Kier alpha value is -1.72. The second-order valence-corrected chi connectivity index (χ2v) is 7.19. The van der Waals surface area contributed by atoms with Gasteiger partial charge in [-0.05, 0) is 43.2 Å². The molecule has 26 heavy (non-hydrogen) atoms. The maximum Gasteiger partial charge on any atom is 0.416 e. The van der Waals surface area contributed by atoms with Gasteiger partial charge in [-0.3, -0.25) is 4.90 Å². The van der Waals surface area contributed by atoms with Crippen molar-refractivity contribution in [1.29, 1.82) is 0 Å². The summed E-state index contributed by atoms with van der Waals surface area (Å²) in [5.41, 5.74) is 1.26. The summed E-state index contributed by atoms with van der Waals surface area (Å²) >= 11 is 6.06. The number of benzene rings is 2. The van der Waals surface area contributed by atoms with E-state index in [9.17, 15) is 13.2 Å². The molecule has 1 fully saturated rings. The minimum Gasteiger partial charge on any atom is -0.369 e. The number of piperazine rings is 1. The van der Waals surface area contributed by atoms with Crippen molar-refractivity contribution in [2.45, 2.75) is 25.6 Å². The van der Waals surface area contributed by atoms with Crippen molar-refractivity contribution in [1.82, 2.24) is 4.90 Å². The molecule has 3 rings (SSSR count). The smallest absolute Gasteiger partial charge is 0.369 e. The lowest BCUT2D eigenvalue weighted by molar-refractivity contribution is -0.137. The Kier molecular flexibility index (Phi) is 5.78. The van der Waals surface area contributed by atoms with Crippen LogP contribution in [0.25, 0.3) is 0 Å². The molecule has 6 heteroatoms. The summed E-state index contributed by atoms with van der Waals surface area (Å²) in [7, 11) is 0. The lowest BCUT2D eigenvalue weighted by atomic mass is 10.0.